The minimum atomic E-state index is 0.173. The minimum Gasteiger partial charge on any atom is -0.508 e. The fourth-order valence-electron chi connectivity index (χ4n) is 1.32. The molecule has 0 saturated heterocycles. The van der Waals surface area contributed by atoms with E-state index in [9.17, 15) is 5.11 Å². The molecule has 1 unspecified atom stereocenters. The predicted molar refractivity (Wildman–Crippen MR) is 54.5 cm³/mol. The van der Waals surface area contributed by atoms with Gasteiger partial charge in [0.1, 0.15) is 5.75 Å². The van der Waals surface area contributed by atoms with Gasteiger partial charge in [0.25, 0.3) is 0 Å². The lowest BCUT2D eigenvalue weighted by atomic mass is 9.97. The van der Waals surface area contributed by atoms with Gasteiger partial charge in [-0.1, -0.05) is 19.1 Å². The Labute approximate surface area is 79.4 Å². The molecule has 1 aromatic carbocycles. The van der Waals surface area contributed by atoms with E-state index >= 15 is 0 Å². The SMILES string of the molecule is C#CC(C)Cc1c(C)cccc1O. The van der Waals surface area contributed by atoms with Crippen LogP contribution < -0.4 is 0 Å². The van der Waals surface area contributed by atoms with Gasteiger partial charge in [0.15, 0.2) is 0 Å². The van der Waals surface area contributed by atoms with Gasteiger partial charge in [0.05, 0.1) is 0 Å². The van der Waals surface area contributed by atoms with Crippen LogP contribution >= 0.6 is 0 Å². The van der Waals surface area contributed by atoms with E-state index in [2.05, 4.69) is 5.92 Å². The molecule has 0 spiro atoms. The summed E-state index contributed by atoms with van der Waals surface area (Å²) in [4.78, 5) is 0. The molecule has 0 amide bonds. The second kappa shape index (κ2) is 4.00. The lowest BCUT2D eigenvalue weighted by Crippen LogP contribution is -1.98. The molecule has 0 bridgehead atoms. The highest BCUT2D eigenvalue weighted by Gasteiger charge is 2.07. The summed E-state index contributed by atoms with van der Waals surface area (Å²) < 4.78 is 0. The zero-order valence-electron chi connectivity index (χ0n) is 8.04. The van der Waals surface area contributed by atoms with Gasteiger partial charge in [-0.2, -0.15) is 0 Å². The summed E-state index contributed by atoms with van der Waals surface area (Å²) in [5, 5.41) is 9.57. The van der Waals surface area contributed by atoms with Gasteiger partial charge in [0, 0.05) is 5.92 Å². The number of benzene rings is 1. The minimum absolute atomic E-state index is 0.173. The fourth-order valence-corrected chi connectivity index (χ4v) is 1.32. The number of terminal acetylenes is 1. The van der Waals surface area contributed by atoms with E-state index in [1.54, 1.807) is 6.07 Å². The Balaban J connectivity index is 2.95. The summed E-state index contributed by atoms with van der Waals surface area (Å²) in [7, 11) is 0. The van der Waals surface area contributed by atoms with Gasteiger partial charge < -0.3 is 5.11 Å². The summed E-state index contributed by atoms with van der Waals surface area (Å²) in [5.41, 5.74) is 2.06. The number of phenols is 1. The van der Waals surface area contributed by atoms with E-state index in [0.717, 1.165) is 17.5 Å². The third kappa shape index (κ3) is 2.26. The van der Waals surface area contributed by atoms with Crippen molar-refractivity contribution in [2.75, 3.05) is 0 Å². The summed E-state index contributed by atoms with van der Waals surface area (Å²) in [6, 6.07) is 5.53. The van der Waals surface area contributed by atoms with Crippen LogP contribution in [0.3, 0.4) is 0 Å². The molecule has 1 aromatic rings. The van der Waals surface area contributed by atoms with Gasteiger partial charge in [-0.25, -0.2) is 0 Å². The van der Waals surface area contributed by atoms with Crippen LogP contribution in [0.1, 0.15) is 18.1 Å². The maximum atomic E-state index is 9.57. The van der Waals surface area contributed by atoms with Crippen molar-refractivity contribution in [3.8, 4) is 18.1 Å². The van der Waals surface area contributed by atoms with Crippen LogP contribution in [0.2, 0.25) is 0 Å². The van der Waals surface area contributed by atoms with Gasteiger partial charge in [0.2, 0.25) is 0 Å². The van der Waals surface area contributed by atoms with Crippen molar-refractivity contribution in [2.45, 2.75) is 20.3 Å². The third-order valence-corrected chi connectivity index (χ3v) is 2.18. The van der Waals surface area contributed by atoms with Gasteiger partial charge >= 0.3 is 0 Å². The molecule has 0 aliphatic heterocycles. The smallest absolute Gasteiger partial charge is 0.119 e. The molecule has 1 nitrogen and oxygen atoms in total. The van der Waals surface area contributed by atoms with Crippen LogP contribution in [-0.2, 0) is 6.42 Å². The van der Waals surface area contributed by atoms with Crippen LogP contribution in [0.15, 0.2) is 18.2 Å². The standard InChI is InChI=1S/C12H14O/c1-4-9(2)8-11-10(3)6-5-7-12(11)13/h1,5-7,9,13H,8H2,2-3H3. The topological polar surface area (TPSA) is 20.2 Å². The molecule has 13 heavy (non-hydrogen) atoms. The molecule has 1 heteroatoms. The first kappa shape index (κ1) is 9.67. The van der Waals surface area contributed by atoms with Gasteiger partial charge in [-0.3, -0.25) is 0 Å². The summed E-state index contributed by atoms with van der Waals surface area (Å²) in [6.07, 6.45) is 6.03. The Hall–Kier alpha value is -1.42. The molecule has 0 aliphatic carbocycles. The summed E-state index contributed by atoms with van der Waals surface area (Å²) in [6.45, 7) is 3.96. The second-order valence-corrected chi connectivity index (χ2v) is 3.34. The lowest BCUT2D eigenvalue weighted by molar-refractivity contribution is 0.464. The van der Waals surface area contributed by atoms with Crippen molar-refractivity contribution in [1.82, 2.24) is 0 Å². The summed E-state index contributed by atoms with van der Waals surface area (Å²) >= 11 is 0. The van der Waals surface area contributed by atoms with Crippen molar-refractivity contribution in [2.24, 2.45) is 5.92 Å². The van der Waals surface area contributed by atoms with Crippen LogP contribution in [0.25, 0.3) is 0 Å². The van der Waals surface area contributed by atoms with E-state index in [0.29, 0.717) is 5.75 Å². The predicted octanol–water partition coefficient (Wildman–Crippen LogP) is 2.51. The molecule has 0 heterocycles. The van der Waals surface area contributed by atoms with Crippen molar-refractivity contribution < 1.29 is 5.11 Å². The quantitative estimate of drug-likeness (QED) is 0.683. The first-order valence-corrected chi connectivity index (χ1v) is 4.38. The van der Waals surface area contributed by atoms with Crippen LogP contribution in [0.4, 0.5) is 0 Å². The average molecular weight is 174 g/mol. The molecule has 1 rings (SSSR count). The number of aryl methyl sites for hydroxylation is 1. The van der Waals surface area contributed by atoms with E-state index in [1.807, 2.05) is 26.0 Å². The molecule has 1 N–H and O–H groups in total. The van der Waals surface area contributed by atoms with Crippen molar-refractivity contribution in [3.63, 3.8) is 0 Å². The van der Waals surface area contributed by atoms with Gasteiger partial charge in [-0.05, 0) is 30.5 Å². The zero-order chi connectivity index (χ0) is 9.84. The number of phenolic OH excluding ortho intramolecular Hbond substituents is 1. The average Bonchev–Trinajstić information content (AvgIpc) is 2.11. The Kier molecular flexibility index (Phi) is 2.97. The van der Waals surface area contributed by atoms with Crippen molar-refractivity contribution in [3.05, 3.63) is 29.3 Å². The zero-order valence-corrected chi connectivity index (χ0v) is 8.04. The first-order valence-electron chi connectivity index (χ1n) is 4.38. The van der Waals surface area contributed by atoms with Crippen molar-refractivity contribution >= 4 is 0 Å². The van der Waals surface area contributed by atoms with Crippen LogP contribution in [0, 0.1) is 25.2 Å². The highest BCUT2D eigenvalue weighted by Crippen LogP contribution is 2.23. The van der Waals surface area contributed by atoms with E-state index in [1.165, 1.54) is 0 Å². The maximum absolute atomic E-state index is 9.57. The summed E-state index contributed by atoms with van der Waals surface area (Å²) in [5.74, 6) is 3.18. The molecule has 0 aromatic heterocycles. The van der Waals surface area contributed by atoms with E-state index in [-0.39, 0.29) is 5.92 Å². The maximum Gasteiger partial charge on any atom is 0.119 e. The molecule has 0 fully saturated rings. The highest BCUT2D eigenvalue weighted by molar-refractivity contribution is 5.39. The first-order chi connectivity index (χ1) is 6.15. The van der Waals surface area contributed by atoms with Gasteiger partial charge in [-0.15, -0.1) is 12.3 Å². The molecular formula is C12H14O. The molecule has 0 saturated carbocycles. The Morgan fingerprint density at radius 3 is 2.77 bits per heavy atom. The highest BCUT2D eigenvalue weighted by atomic mass is 16.3. The lowest BCUT2D eigenvalue weighted by Gasteiger charge is -2.09. The Morgan fingerprint density at radius 2 is 2.23 bits per heavy atom. The van der Waals surface area contributed by atoms with Crippen molar-refractivity contribution in [1.29, 1.82) is 0 Å². The van der Waals surface area contributed by atoms with Crippen LogP contribution in [-0.4, -0.2) is 5.11 Å². The van der Waals surface area contributed by atoms with E-state index < -0.39 is 0 Å². The molecule has 68 valence electrons. The number of aromatic hydroxyl groups is 1. The molecular weight excluding hydrogens is 160 g/mol. The van der Waals surface area contributed by atoms with Crippen LogP contribution in [0.5, 0.6) is 5.75 Å². The number of hydrogen-bond donors (Lipinski definition) is 1. The number of hydrogen-bond acceptors (Lipinski definition) is 1. The monoisotopic (exact) mass is 174 g/mol. The normalized spacial score (nSPS) is 12.1. The largest absolute Gasteiger partial charge is 0.508 e. The molecule has 0 radical (unpaired) electrons. The number of rotatable bonds is 2. The Bertz CT molecular complexity index is 313. The van der Waals surface area contributed by atoms with E-state index in [4.69, 9.17) is 6.42 Å². The Morgan fingerprint density at radius 1 is 1.54 bits per heavy atom. The molecule has 0 aliphatic rings. The third-order valence-electron chi connectivity index (χ3n) is 2.18. The molecule has 1 atom stereocenters. The second-order valence-electron chi connectivity index (χ2n) is 3.34. The fraction of sp³-hybridized carbons (Fsp3) is 0.333.